The van der Waals surface area contributed by atoms with Gasteiger partial charge in [0.25, 0.3) is 0 Å². The molecule has 0 spiro atoms. The van der Waals surface area contributed by atoms with E-state index in [-0.39, 0.29) is 6.04 Å². The first-order valence-corrected chi connectivity index (χ1v) is 7.29. The molecule has 1 aromatic carbocycles. The molecule has 2 rings (SSSR count). The number of benzene rings is 1. The molecule has 1 aromatic rings. The number of rotatable bonds is 4. The topological polar surface area (TPSA) is 32.5 Å². The fourth-order valence-electron chi connectivity index (χ4n) is 2.71. The van der Waals surface area contributed by atoms with E-state index in [1.807, 2.05) is 31.2 Å². The van der Waals surface area contributed by atoms with Gasteiger partial charge in [-0.15, -0.1) is 0 Å². The Morgan fingerprint density at radius 1 is 1.14 bits per heavy atom. The van der Waals surface area contributed by atoms with Gasteiger partial charge < -0.3 is 10.6 Å². The number of nitrogens with two attached hydrogens (primary N) is 1. The van der Waals surface area contributed by atoms with E-state index in [9.17, 15) is 13.2 Å². The third-order valence-electron chi connectivity index (χ3n) is 3.89. The van der Waals surface area contributed by atoms with Gasteiger partial charge in [-0.05, 0) is 18.1 Å². The van der Waals surface area contributed by atoms with E-state index in [4.69, 9.17) is 5.73 Å². The molecule has 2 N–H and O–H groups in total. The monoisotopic (exact) mass is 301 g/mol. The first kappa shape index (κ1) is 16.1. The number of nitrogens with zero attached hydrogens (tertiary/aromatic N) is 2. The zero-order chi connectivity index (χ0) is 15.5. The van der Waals surface area contributed by atoms with Gasteiger partial charge in [-0.25, -0.2) is 0 Å². The molecule has 1 fully saturated rings. The van der Waals surface area contributed by atoms with Crippen LogP contribution in [0.25, 0.3) is 0 Å². The molecular formula is C15H22F3N3. The quantitative estimate of drug-likeness (QED) is 0.928. The number of halogens is 3. The molecule has 118 valence electrons. The highest BCUT2D eigenvalue weighted by molar-refractivity contribution is 5.55. The molecule has 1 aliphatic heterocycles. The molecule has 21 heavy (non-hydrogen) atoms. The second-order valence-corrected chi connectivity index (χ2v) is 5.45. The van der Waals surface area contributed by atoms with Crippen LogP contribution in [0.15, 0.2) is 24.3 Å². The van der Waals surface area contributed by atoms with Crippen LogP contribution >= 0.6 is 0 Å². The van der Waals surface area contributed by atoms with Crippen molar-refractivity contribution in [2.24, 2.45) is 5.73 Å². The molecule has 3 nitrogen and oxygen atoms in total. The SMILES string of the molecule is CCC(N)c1ccccc1N1CCN(CC(F)(F)F)CC1. The Morgan fingerprint density at radius 3 is 2.33 bits per heavy atom. The smallest absolute Gasteiger partial charge is 0.369 e. The average molecular weight is 301 g/mol. The van der Waals surface area contributed by atoms with Crippen molar-refractivity contribution >= 4 is 5.69 Å². The normalized spacial score (nSPS) is 18.8. The third kappa shape index (κ3) is 4.35. The van der Waals surface area contributed by atoms with Crippen LogP contribution in [-0.2, 0) is 0 Å². The Kier molecular flexibility index (Phi) is 5.11. The van der Waals surface area contributed by atoms with Crippen LogP contribution in [0.4, 0.5) is 18.9 Å². The van der Waals surface area contributed by atoms with Crippen molar-refractivity contribution < 1.29 is 13.2 Å². The molecule has 0 radical (unpaired) electrons. The van der Waals surface area contributed by atoms with Crippen LogP contribution in [0.5, 0.6) is 0 Å². The highest BCUT2D eigenvalue weighted by Crippen LogP contribution is 2.28. The van der Waals surface area contributed by atoms with Gasteiger partial charge in [-0.3, -0.25) is 4.90 Å². The van der Waals surface area contributed by atoms with Gasteiger partial charge in [-0.2, -0.15) is 13.2 Å². The molecule has 1 atom stereocenters. The number of alkyl halides is 3. The van der Waals surface area contributed by atoms with Crippen molar-refractivity contribution in [2.45, 2.75) is 25.6 Å². The lowest BCUT2D eigenvalue weighted by atomic mass is 10.0. The molecule has 6 heteroatoms. The highest BCUT2D eigenvalue weighted by Gasteiger charge is 2.32. The summed E-state index contributed by atoms with van der Waals surface area (Å²) in [5, 5.41) is 0. The summed E-state index contributed by atoms with van der Waals surface area (Å²) in [6, 6.07) is 7.88. The lowest BCUT2D eigenvalue weighted by Gasteiger charge is -2.37. The van der Waals surface area contributed by atoms with Crippen LogP contribution in [0.2, 0.25) is 0 Å². The Hall–Kier alpha value is -1.27. The fourth-order valence-corrected chi connectivity index (χ4v) is 2.71. The summed E-state index contributed by atoms with van der Waals surface area (Å²) in [7, 11) is 0. The Bertz CT molecular complexity index is 454. The fraction of sp³-hybridized carbons (Fsp3) is 0.600. The number of hydrogen-bond acceptors (Lipinski definition) is 3. The number of piperazine rings is 1. The molecule has 0 aliphatic carbocycles. The van der Waals surface area contributed by atoms with Gasteiger partial charge in [0, 0.05) is 37.9 Å². The van der Waals surface area contributed by atoms with Crippen molar-refractivity contribution in [3.8, 4) is 0 Å². The number of hydrogen-bond donors (Lipinski definition) is 1. The van der Waals surface area contributed by atoms with Gasteiger partial charge in [0.1, 0.15) is 0 Å². The second-order valence-electron chi connectivity index (χ2n) is 5.45. The molecule has 0 saturated carbocycles. The van der Waals surface area contributed by atoms with Crippen LogP contribution in [-0.4, -0.2) is 43.8 Å². The first-order chi connectivity index (χ1) is 9.90. The van der Waals surface area contributed by atoms with E-state index in [2.05, 4.69) is 4.90 Å². The van der Waals surface area contributed by atoms with E-state index in [1.165, 1.54) is 4.90 Å². The average Bonchev–Trinajstić information content (AvgIpc) is 2.45. The zero-order valence-corrected chi connectivity index (χ0v) is 12.2. The van der Waals surface area contributed by atoms with Crippen LogP contribution < -0.4 is 10.6 Å². The van der Waals surface area contributed by atoms with Crippen molar-refractivity contribution in [3.63, 3.8) is 0 Å². The standard InChI is InChI=1S/C15H22F3N3/c1-2-13(19)12-5-3-4-6-14(12)21-9-7-20(8-10-21)11-15(16,17)18/h3-6,13H,2,7-11,19H2,1H3. The van der Waals surface area contributed by atoms with E-state index >= 15 is 0 Å². The lowest BCUT2D eigenvalue weighted by Crippen LogP contribution is -2.49. The Labute approximate surface area is 123 Å². The predicted molar refractivity (Wildman–Crippen MR) is 78.4 cm³/mol. The summed E-state index contributed by atoms with van der Waals surface area (Å²) in [4.78, 5) is 3.59. The number of anilines is 1. The van der Waals surface area contributed by atoms with Gasteiger partial charge in [0.05, 0.1) is 6.54 Å². The molecule has 1 aliphatic rings. The largest absolute Gasteiger partial charge is 0.401 e. The maximum atomic E-state index is 12.4. The van der Waals surface area contributed by atoms with Gasteiger partial charge in [0.2, 0.25) is 0 Å². The molecule has 1 unspecified atom stereocenters. The van der Waals surface area contributed by atoms with Crippen LogP contribution in [0.3, 0.4) is 0 Å². The van der Waals surface area contributed by atoms with Gasteiger partial charge >= 0.3 is 6.18 Å². The van der Waals surface area contributed by atoms with Crippen LogP contribution in [0.1, 0.15) is 24.9 Å². The summed E-state index contributed by atoms with van der Waals surface area (Å²) < 4.78 is 37.2. The van der Waals surface area contributed by atoms with E-state index in [0.717, 1.165) is 17.7 Å². The minimum absolute atomic E-state index is 0.0330. The van der Waals surface area contributed by atoms with Gasteiger partial charge in [-0.1, -0.05) is 25.1 Å². The van der Waals surface area contributed by atoms with Crippen molar-refractivity contribution in [3.05, 3.63) is 29.8 Å². The third-order valence-corrected chi connectivity index (χ3v) is 3.89. The molecular weight excluding hydrogens is 279 g/mol. The predicted octanol–water partition coefficient (Wildman–Crippen LogP) is 2.78. The summed E-state index contributed by atoms with van der Waals surface area (Å²) in [6.07, 6.45) is -3.28. The minimum atomic E-state index is -4.12. The second kappa shape index (κ2) is 6.66. The Balaban J connectivity index is 2.03. The van der Waals surface area contributed by atoms with E-state index in [1.54, 1.807) is 0 Å². The summed E-state index contributed by atoms with van der Waals surface area (Å²) in [5.74, 6) is 0. The van der Waals surface area contributed by atoms with E-state index in [0.29, 0.717) is 26.2 Å². The first-order valence-electron chi connectivity index (χ1n) is 7.29. The molecule has 0 bridgehead atoms. The molecule has 1 heterocycles. The summed E-state index contributed by atoms with van der Waals surface area (Å²) >= 11 is 0. The van der Waals surface area contributed by atoms with Gasteiger partial charge in [0.15, 0.2) is 0 Å². The summed E-state index contributed by atoms with van der Waals surface area (Å²) in [6.45, 7) is 3.26. The lowest BCUT2D eigenvalue weighted by molar-refractivity contribution is -0.146. The van der Waals surface area contributed by atoms with E-state index < -0.39 is 12.7 Å². The maximum absolute atomic E-state index is 12.4. The highest BCUT2D eigenvalue weighted by atomic mass is 19.4. The molecule has 1 saturated heterocycles. The minimum Gasteiger partial charge on any atom is -0.369 e. The van der Waals surface area contributed by atoms with Crippen LogP contribution in [0, 0.1) is 0 Å². The van der Waals surface area contributed by atoms with Crippen molar-refractivity contribution in [1.29, 1.82) is 0 Å². The Morgan fingerprint density at radius 2 is 1.76 bits per heavy atom. The van der Waals surface area contributed by atoms with Crippen molar-refractivity contribution in [1.82, 2.24) is 4.90 Å². The summed E-state index contributed by atoms with van der Waals surface area (Å²) in [5.41, 5.74) is 8.25. The molecule has 0 aromatic heterocycles. The maximum Gasteiger partial charge on any atom is 0.401 e. The molecule has 0 amide bonds. The number of para-hydroxylation sites is 1. The zero-order valence-electron chi connectivity index (χ0n) is 12.2. The van der Waals surface area contributed by atoms with Crippen molar-refractivity contribution in [2.75, 3.05) is 37.6 Å².